The molecule has 0 N–H and O–H groups in total. The second kappa shape index (κ2) is 6.84. The van der Waals surface area contributed by atoms with E-state index in [1.807, 2.05) is 48.5 Å². The molecular formula is C30H22N2O2. The minimum Gasteiger partial charge on any atom is -0.439 e. The van der Waals surface area contributed by atoms with Gasteiger partial charge in [-0.1, -0.05) is 54.6 Å². The zero-order chi connectivity index (χ0) is 23.0. The van der Waals surface area contributed by atoms with Gasteiger partial charge in [0.1, 0.15) is 5.76 Å². The molecule has 0 saturated carbocycles. The van der Waals surface area contributed by atoms with E-state index in [0.29, 0.717) is 17.2 Å². The quantitative estimate of drug-likeness (QED) is 0.273. The lowest BCUT2D eigenvalue weighted by Gasteiger charge is -2.41. The summed E-state index contributed by atoms with van der Waals surface area (Å²) in [4.78, 5) is 18.0. The third-order valence-corrected chi connectivity index (χ3v) is 6.85. The van der Waals surface area contributed by atoms with Crippen molar-refractivity contribution in [2.45, 2.75) is 19.9 Å². The van der Waals surface area contributed by atoms with Gasteiger partial charge in [0.2, 0.25) is 5.88 Å². The van der Waals surface area contributed by atoms with Gasteiger partial charge in [0.25, 0.3) is 0 Å². The summed E-state index contributed by atoms with van der Waals surface area (Å²) in [5.74, 6) is 1.35. The predicted molar refractivity (Wildman–Crippen MR) is 136 cm³/mol. The first-order chi connectivity index (χ1) is 16.6. The molecular weight excluding hydrogens is 420 g/mol. The molecule has 0 fully saturated rings. The first-order valence-corrected chi connectivity index (χ1v) is 11.6. The van der Waals surface area contributed by atoms with Crippen LogP contribution >= 0.6 is 0 Å². The second-order valence-corrected chi connectivity index (χ2v) is 9.15. The molecule has 0 bridgehead atoms. The number of carbonyl (C=O) groups is 1. The third kappa shape index (κ3) is 2.45. The smallest absolute Gasteiger partial charge is 0.206 e. The third-order valence-electron chi connectivity index (χ3n) is 6.85. The van der Waals surface area contributed by atoms with Crippen molar-refractivity contribution in [3.63, 3.8) is 0 Å². The number of hydrogen-bond donors (Lipinski definition) is 0. The van der Waals surface area contributed by atoms with Crippen LogP contribution in [0.1, 0.15) is 29.8 Å². The number of para-hydroxylation sites is 4. The lowest BCUT2D eigenvalue weighted by molar-refractivity contribution is 0.104. The number of furan rings is 1. The van der Waals surface area contributed by atoms with Gasteiger partial charge in [-0.05, 0) is 55.3 Å². The average molecular weight is 443 g/mol. The number of anilines is 5. The molecule has 7 rings (SSSR count). The highest BCUT2D eigenvalue weighted by Crippen LogP contribution is 2.54. The van der Waals surface area contributed by atoms with Gasteiger partial charge in [-0.3, -0.25) is 9.69 Å². The van der Waals surface area contributed by atoms with Gasteiger partial charge < -0.3 is 9.32 Å². The fourth-order valence-electron chi connectivity index (χ4n) is 5.47. The van der Waals surface area contributed by atoms with Crippen LogP contribution in [0.25, 0.3) is 22.5 Å². The van der Waals surface area contributed by atoms with E-state index < -0.39 is 0 Å². The molecule has 0 radical (unpaired) electrons. The van der Waals surface area contributed by atoms with E-state index in [1.54, 1.807) is 0 Å². The van der Waals surface area contributed by atoms with Crippen LogP contribution in [-0.2, 0) is 0 Å². The van der Waals surface area contributed by atoms with Crippen molar-refractivity contribution in [1.82, 2.24) is 0 Å². The molecule has 3 aliphatic carbocycles. The lowest BCUT2D eigenvalue weighted by atomic mass is 10.0. The van der Waals surface area contributed by atoms with Crippen LogP contribution in [0.3, 0.4) is 0 Å². The minimum absolute atomic E-state index is 0.0311. The number of ketones is 1. The summed E-state index contributed by atoms with van der Waals surface area (Å²) in [5.41, 5.74) is 8.59. The molecule has 0 unspecified atom stereocenters. The van der Waals surface area contributed by atoms with Gasteiger partial charge in [-0.2, -0.15) is 0 Å². The van der Waals surface area contributed by atoms with Crippen molar-refractivity contribution < 1.29 is 9.21 Å². The van der Waals surface area contributed by atoms with Crippen LogP contribution in [0, 0.1) is 0 Å². The Balaban J connectivity index is 1.44. The number of fused-ring (bicyclic) bond motifs is 7. The van der Waals surface area contributed by atoms with E-state index in [9.17, 15) is 4.79 Å². The summed E-state index contributed by atoms with van der Waals surface area (Å²) >= 11 is 0. The van der Waals surface area contributed by atoms with Gasteiger partial charge in [0.05, 0.1) is 28.3 Å². The van der Waals surface area contributed by atoms with Crippen molar-refractivity contribution in [3.8, 4) is 22.5 Å². The highest BCUT2D eigenvalue weighted by atomic mass is 16.4. The zero-order valence-electron chi connectivity index (χ0n) is 18.9. The summed E-state index contributed by atoms with van der Waals surface area (Å²) in [7, 11) is 0. The average Bonchev–Trinajstić information content (AvgIpc) is 3.43. The summed E-state index contributed by atoms with van der Waals surface area (Å²) < 4.78 is 6.51. The molecule has 2 aromatic carbocycles. The maximum absolute atomic E-state index is 13.5. The van der Waals surface area contributed by atoms with Crippen LogP contribution in [-0.4, -0.2) is 11.8 Å². The van der Waals surface area contributed by atoms with Crippen LogP contribution in [0.2, 0.25) is 0 Å². The van der Waals surface area contributed by atoms with E-state index in [2.05, 4.69) is 66.1 Å². The summed E-state index contributed by atoms with van der Waals surface area (Å²) in [6.07, 6.45) is 0. The van der Waals surface area contributed by atoms with Crippen molar-refractivity contribution in [3.05, 3.63) is 102 Å². The Morgan fingerprint density at radius 3 is 1.97 bits per heavy atom. The fraction of sp³-hybridized carbons (Fsp3) is 0.100. The maximum Gasteiger partial charge on any atom is 0.206 e. The standard InChI is InChI=1S/C30H22N2O2/c1-18(2)31-23-12-6-8-14-25(23)32(26-15-9-7-13-24(26)31)27-17-22-29(33)28-20-11-5-3-4-10-19(20)16-21(28)30(22)34-27/h3-18H,1-2H3. The molecule has 1 aromatic heterocycles. The first kappa shape index (κ1) is 19.2. The van der Waals surface area contributed by atoms with Crippen LogP contribution in [0.15, 0.2) is 95.4 Å². The number of rotatable bonds is 2. The fourth-order valence-corrected chi connectivity index (χ4v) is 5.47. The predicted octanol–water partition coefficient (Wildman–Crippen LogP) is 7.93. The highest BCUT2D eigenvalue weighted by molar-refractivity contribution is 6.25. The van der Waals surface area contributed by atoms with Crippen molar-refractivity contribution in [2.75, 3.05) is 9.80 Å². The van der Waals surface area contributed by atoms with E-state index >= 15 is 0 Å². The Morgan fingerprint density at radius 2 is 1.29 bits per heavy atom. The minimum atomic E-state index is 0.0311. The first-order valence-electron chi connectivity index (χ1n) is 11.6. The van der Waals surface area contributed by atoms with E-state index in [-0.39, 0.29) is 11.8 Å². The molecule has 4 aliphatic rings. The molecule has 0 atom stereocenters. The normalized spacial score (nSPS) is 13.8. The molecule has 4 nitrogen and oxygen atoms in total. The topological polar surface area (TPSA) is 36.7 Å². The highest BCUT2D eigenvalue weighted by Gasteiger charge is 2.38. The monoisotopic (exact) mass is 442 g/mol. The molecule has 0 amide bonds. The van der Waals surface area contributed by atoms with Gasteiger partial charge in [-0.25, -0.2) is 0 Å². The van der Waals surface area contributed by atoms with E-state index in [4.69, 9.17) is 4.42 Å². The Labute approximate surface area is 198 Å². The summed E-state index contributed by atoms with van der Waals surface area (Å²) in [5, 5.41) is 0. The van der Waals surface area contributed by atoms with Crippen molar-refractivity contribution in [2.24, 2.45) is 0 Å². The van der Waals surface area contributed by atoms with Crippen molar-refractivity contribution >= 4 is 34.4 Å². The number of benzene rings is 2. The SMILES string of the molecule is CC(C)N1c2ccccc2N(c2cc3c(o2)-c2cc4cccccc-4c2C3=O)c2ccccc21. The van der Waals surface area contributed by atoms with Gasteiger partial charge in [0, 0.05) is 23.2 Å². The Bertz CT molecular complexity index is 1530. The van der Waals surface area contributed by atoms with E-state index in [1.165, 1.54) is 0 Å². The molecule has 34 heavy (non-hydrogen) atoms. The van der Waals surface area contributed by atoms with Gasteiger partial charge in [0.15, 0.2) is 5.78 Å². The molecule has 2 heterocycles. The number of hydrogen-bond acceptors (Lipinski definition) is 4. The van der Waals surface area contributed by atoms with Crippen molar-refractivity contribution in [1.29, 1.82) is 0 Å². The molecule has 0 saturated heterocycles. The molecule has 3 aromatic rings. The molecule has 0 spiro atoms. The molecule has 1 aliphatic heterocycles. The number of nitrogens with zero attached hydrogens (tertiary/aromatic N) is 2. The zero-order valence-corrected chi connectivity index (χ0v) is 18.9. The summed E-state index contributed by atoms with van der Waals surface area (Å²) in [6.45, 7) is 4.40. The Hall–Kier alpha value is -4.31. The summed E-state index contributed by atoms with van der Waals surface area (Å²) in [6, 6.07) is 31.0. The van der Waals surface area contributed by atoms with Crippen LogP contribution in [0.5, 0.6) is 0 Å². The molecule has 164 valence electrons. The van der Waals surface area contributed by atoms with Gasteiger partial charge >= 0.3 is 0 Å². The van der Waals surface area contributed by atoms with Gasteiger partial charge in [-0.15, -0.1) is 0 Å². The number of carbonyl (C=O) groups excluding carboxylic acids is 1. The Kier molecular flexibility index (Phi) is 3.86. The largest absolute Gasteiger partial charge is 0.439 e. The van der Waals surface area contributed by atoms with Crippen LogP contribution in [0.4, 0.5) is 28.6 Å². The second-order valence-electron chi connectivity index (χ2n) is 9.15. The van der Waals surface area contributed by atoms with E-state index in [0.717, 1.165) is 45.0 Å². The lowest BCUT2D eigenvalue weighted by Crippen LogP contribution is -2.32. The van der Waals surface area contributed by atoms with Crippen LogP contribution < -0.4 is 9.80 Å². The Morgan fingerprint density at radius 1 is 0.676 bits per heavy atom. The molecule has 4 heteroatoms. The maximum atomic E-state index is 13.5.